The van der Waals surface area contributed by atoms with Gasteiger partial charge in [0, 0.05) is 9.89 Å². The van der Waals surface area contributed by atoms with Crippen LogP contribution < -0.4 is 0 Å². The zero-order valence-electron chi connectivity index (χ0n) is 20.9. The molecule has 10 rings (SSSR count). The molecular weight excluding hydrogens is 512 g/mol. The molecule has 0 nitrogen and oxygen atoms in total. The second-order valence-corrected chi connectivity index (χ2v) is 13.3. The minimum Gasteiger partial charge on any atom is -0.0616 e. The lowest BCUT2D eigenvalue weighted by Gasteiger charge is -2.61. The zero-order chi connectivity index (χ0) is 24.3. The summed E-state index contributed by atoms with van der Waals surface area (Å²) in [6.45, 7) is 0. The van der Waals surface area contributed by atoms with E-state index in [0.717, 1.165) is 28.1 Å². The Morgan fingerprint density at radius 3 is 1.78 bits per heavy atom. The molecule has 0 aliphatic heterocycles. The first kappa shape index (κ1) is 21.1. The topological polar surface area (TPSA) is 0 Å². The van der Waals surface area contributed by atoms with Gasteiger partial charge in [0.2, 0.25) is 0 Å². The van der Waals surface area contributed by atoms with E-state index >= 15 is 0 Å². The maximum Gasteiger partial charge on any atom is 0.0272 e. The molecule has 0 amide bonds. The monoisotopic (exact) mass is 540 g/mol. The highest BCUT2D eigenvalue weighted by Crippen LogP contribution is 2.69. The van der Waals surface area contributed by atoms with Gasteiger partial charge < -0.3 is 0 Å². The van der Waals surface area contributed by atoms with E-state index in [1.807, 2.05) is 0 Å². The molecule has 0 saturated heterocycles. The third-order valence-corrected chi connectivity index (χ3v) is 11.1. The standard InChI is InChI=1S/C36H29Br/c37-31-7-3-6-23(16-31)26-8-9-27-18-33-32-17-24-4-1-2-5-25(24)19-34(32)36(35(33)20-28(27)15-26)29-11-21-10-22(13-29)14-30(36)12-21/h1-9,15-22,29-30H,10-14H2. The van der Waals surface area contributed by atoms with Gasteiger partial charge in [0.25, 0.3) is 0 Å². The van der Waals surface area contributed by atoms with E-state index in [4.69, 9.17) is 0 Å². The Labute approximate surface area is 226 Å². The van der Waals surface area contributed by atoms with Crippen LogP contribution in [0, 0.1) is 23.7 Å². The predicted octanol–water partition coefficient (Wildman–Crippen LogP) is 10.1. The largest absolute Gasteiger partial charge is 0.0616 e. The Balaban J connectivity index is 1.33. The van der Waals surface area contributed by atoms with Gasteiger partial charge in [-0.15, -0.1) is 0 Å². The molecule has 4 bridgehead atoms. The predicted molar refractivity (Wildman–Crippen MR) is 158 cm³/mol. The van der Waals surface area contributed by atoms with Crippen molar-refractivity contribution in [2.24, 2.45) is 23.7 Å². The van der Waals surface area contributed by atoms with Crippen molar-refractivity contribution >= 4 is 37.5 Å². The highest BCUT2D eigenvalue weighted by molar-refractivity contribution is 9.10. The Hall–Kier alpha value is -2.90. The van der Waals surface area contributed by atoms with Crippen molar-refractivity contribution in [1.82, 2.24) is 0 Å². The van der Waals surface area contributed by atoms with Gasteiger partial charge in [0.05, 0.1) is 0 Å². The van der Waals surface area contributed by atoms with Crippen LogP contribution in [0.3, 0.4) is 0 Å². The van der Waals surface area contributed by atoms with Crippen LogP contribution in [0.1, 0.15) is 43.2 Å². The number of rotatable bonds is 1. The van der Waals surface area contributed by atoms with Crippen molar-refractivity contribution in [1.29, 1.82) is 0 Å². The van der Waals surface area contributed by atoms with Crippen LogP contribution in [-0.4, -0.2) is 0 Å². The first-order valence-electron chi connectivity index (χ1n) is 14.0. The van der Waals surface area contributed by atoms with Gasteiger partial charge in [-0.2, -0.15) is 0 Å². The third kappa shape index (κ3) is 2.79. The highest BCUT2D eigenvalue weighted by atomic mass is 79.9. The smallest absolute Gasteiger partial charge is 0.0272 e. The van der Waals surface area contributed by atoms with Crippen LogP contribution in [0.2, 0.25) is 0 Å². The van der Waals surface area contributed by atoms with E-state index in [1.54, 1.807) is 11.1 Å². The van der Waals surface area contributed by atoms with Crippen LogP contribution in [0.5, 0.6) is 0 Å². The van der Waals surface area contributed by atoms with Crippen molar-refractivity contribution in [2.75, 3.05) is 0 Å². The fourth-order valence-electron chi connectivity index (χ4n) is 9.47. The summed E-state index contributed by atoms with van der Waals surface area (Å²) in [6, 6.07) is 35.1. The first-order valence-corrected chi connectivity index (χ1v) is 14.8. The van der Waals surface area contributed by atoms with Gasteiger partial charge in [-0.1, -0.05) is 64.5 Å². The fourth-order valence-corrected chi connectivity index (χ4v) is 9.87. The Morgan fingerprint density at radius 1 is 0.514 bits per heavy atom. The second-order valence-electron chi connectivity index (χ2n) is 12.4. The molecule has 37 heavy (non-hydrogen) atoms. The van der Waals surface area contributed by atoms with Gasteiger partial charge in [-0.25, -0.2) is 0 Å². The van der Waals surface area contributed by atoms with Gasteiger partial charge >= 0.3 is 0 Å². The lowest BCUT2D eigenvalue weighted by molar-refractivity contribution is -0.0398. The van der Waals surface area contributed by atoms with E-state index in [9.17, 15) is 0 Å². The summed E-state index contributed by atoms with van der Waals surface area (Å²) in [6.07, 6.45) is 7.20. The minimum absolute atomic E-state index is 0.197. The molecule has 0 atom stereocenters. The molecule has 0 heterocycles. The fraction of sp³-hybridized carbons (Fsp3) is 0.278. The Kier molecular flexibility index (Phi) is 4.19. The summed E-state index contributed by atoms with van der Waals surface area (Å²) in [4.78, 5) is 0. The summed E-state index contributed by atoms with van der Waals surface area (Å²) >= 11 is 3.67. The highest BCUT2D eigenvalue weighted by Gasteiger charge is 2.61. The van der Waals surface area contributed by atoms with Crippen molar-refractivity contribution in [3.05, 3.63) is 107 Å². The van der Waals surface area contributed by atoms with Crippen LogP contribution in [0.4, 0.5) is 0 Å². The van der Waals surface area contributed by atoms with E-state index < -0.39 is 0 Å². The van der Waals surface area contributed by atoms with Gasteiger partial charge in [-0.05, 0) is 153 Å². The quantitative estimate of drug-likeness (QED) is 0.198. The SMILES string of the molecule is Brc1cccc(-c2ccc3cc4c(cc3c2)C2(c3cc5ccccc5cc3-4)C3CC4CC(C3)CC2C4)c1. The zero-order valence-corrected chi connectivity index (χ0v) is 22.5. The molecule has 0 unspecified atom stereocenters. The molecule has 5 aromatic rings. The second kappa shape index (κ2) is 7.35. The molecule has 1 spiro atoms. The van der Waals surface area contributed by atoms with Gasteiger partial charge in [0.15, 0.2) is 0 Å². The van der Waals surface area contributed by atoms with E-state index in [0.29, 0.717) is 0 Å². The number of benzene rings is 5. The molecule has 5 aliphatic carbocycles. The summed E-state index contributed by atoms with van der Waals surface area (Å²) in [5.41, 5.74) is 9.09. The summed E-state index contributed by atoms with van der Waals surface area (Å²) in [5.74, 6) is 3.50. The number of halogens is 1. The molecule has 5 aromatic carbocycles. The molecule has 0 N–H and O–H groups in total. The molecule has 0 aromatic heterocycles. The summed E-state index contributed by atoms with van der Waals surface area (Å²) in [5, 5.41) is 5.53. The Bertz CT molecular complexity index is 1730. The lowest BCUT2D eigenvalue weighted by atomic mass is 9.43. The van der Waals surface area contributed by atoms with Crippen molar-refractivity contribution in [3.63, 3.8) is 0 Å². The molecule has 0 radical (unpaired) electrons. The third-order valence-electron chi connectivity index (χ3n) is 10.6. The van der Waals surface area contributed by atoms with Gasteiger partial charge in [-0.3, -0.25) is 0 Å². The first-order chi connectivity index (χ1) is 18.2. The van der Waals surface area contributed by atoms with Gasteiger partial charge in [0.1, 0.15) is 0 Å². The number of fused-ring (bicyclic) bond motifs is 5. The molecule has 4 fully saturated rings. The molecular formula is C36H29Br. The molecule has 1 heteroatoms. The minimum atomic E-state index is 0.197. The summed E-state index contributed by atoms with van der Waals surface area (Å²) < 4.78 is 1.13. The maximum atomic E-state index is 3.67. The number of hydrogen-bond acceptors (Lipinski definition) is 0. The van der Waals surface area contributed by atoms with E-state index in [2.05, 4.69) is 107 Å². The average Bonchev–Trinajstić information content (AvgIpc) is 3.17. The van der Waals surface area contributed by atoms with Crippen LogP contribution in [0.25, 0.3) is 43.8 Å². The molecule has 180 valence electrons. The molecule has 5 aliphatic rings. The summed E-state index contributed by atoms with van der Waals surface area (Å²) in [7, 11) is 0. The lowest BCUT2D eigenvalue weighted by Crippen LogP contribution is -2.55. The van der Waals surface area contributed by atoms with Crippen molar-refractivity contribution < 1.29 is 0 Å². The molecule has 4 saturated carbocycles. The van der Waals surface area contributed by atoms with Crippen LogP contribution >= 0.6 is 15.9 Å². The average molecular weight is 542 g/mol. The van der Waals surface area contributed by atoms with Crippen molar-refractivity contribution in [2.45, 2.75) is 37.5 Å². The maximum absolute atomic E-state index is 3.67. The van der Waals surface area contributed by atoms with Crippen LogP contribution in [0.15, 0.2) is 95.5 Å². The Morgan fingerprint density at radius 2 is 1.11 bits per heavy atom. The van der Waals surface area contributed by atoms with Crippen molar-refractivity contribution in [3.8, 4) is 22.3 Å². The van der Waals surface area contributed by atoms with E-state index in [-0.39, 0.29) is 5.41 Å². The normalized spacial score (nSPS) is 28.8. The van der Waals surface area contributed by atoms with E-state index in [1.165, 1.54) is 75.9 Å². The number of hydrogen-bond donors (Lipinski definition) is 0. The van der Waals surface area contributed by atoms with Crippen LogP contribution in [-0.2, 0) is 5.41 Å².